The second-order valence-electron chi connectivity index (χ2n) is 2.72. The van der Waals surface area contributed by atoms with Crippen molar-refractivity contribution < 1.29 is 9.59 Å². The quantitative estimate of drug-likeness (QED) is 0.612. The molecular formula is C8H8BrN3O3. The van der Waals surface area contributed by atoms with Gasteiger partial charge in [0, 0.05) is 13.0 Å². The van der Waals surface area contributed by atoms with Crippen molar-refractivity contribution in [3.8, 4) is 0 Å². The van der Waals surface area contributed by atoms with Gasteiger partial charge in [0.25, 0.3) is 5.56 Å². The standard InChI is InChI=1S/C8H8BrN3O3/c1-4(13)10-8-11-5(6(14)3-9)2-7(15)12-8/h2H,3H2,1H3,(H2,10,11,12,13,15). The summed E-state index contributed by atoms with van der Waals surface area (Å²) in [6.07, 6.45) is 0. The Hall–Kier alpha value is -1.50. The van der Waals surface area contributed by atoms with Crippen LogP contribution < -0.4 is 10.9 Å². The van der Waals surface area contributed by atoms with Crippen molar-refractivity contribution in [2.75, 3.05) is 10.6 Å². The third-order valence-electron chi connectivity index (χ3n) is 1.44. The van der Waals surface area contributed by atoms with Gasteiger partial charge in [0.1, 0.15) is 5.69 Å². The molecule has 1 aromatic rings. The molecule has 7 heteroatoms. The number of halogens is 1. The summed E-state index contributed by atoms with van der Waals surface area (Å²) in [6, 6.07) is 1.08. The molecule has 0 aliphatic heterocycles. The smallest absolute Gasteiger partial charge is 0.252 e. The molecule has 0 aromatic carbocycles. The van der Waals surface area contributed by atoms with E-state index in [1.165, 1.54) is 6.92 Å². The number of amides is 1. The highest BCUT2D eigenvalue weighted by atomic mass is 79.9. The van der Waals surface area contributed by atoms with Gasteiger partial charge in [0.15, 0.2) is 5.78 Å². The van der Waals surface area contributed by atoms with Gasteiger partial charge in [0.05, 0.1) is 5.33 Å². The zero-order valence-corrected chi connectivity index (χ0v) is 9.42. The van der Waals surface area contributed by atoms with E-state index in [9.17, 15) is 14.4 Å². The number of H-pyrrole nitrogens is 1. The molecule has 2 N–H and O–H groups in total. The van der Waals surface area contributed by atoms with Crippen LogP contribution in [0, 0.1) is 0 Å². The lowest BCUT2D eigenvalue weighted by atomic mass is 10.3. The Bertz CT molecular complexity index is 455. The molecule has 1 amide bonds. The molecule has 1 heterocycles. The largest absolute Gasteiger partial charge is 0.296 e. The average molecular weight is 274 g/mol. The number of carbonyl (C=O) groups is 2. The number of hydrogen-bond acceptors (Lipinski definition) is 4. The van der Waals surface area contributed by atoms with E-state index < -0.39 is 5.56 Å². The zero-order valence-electron chi connectivity index (χ0n) is 7.83. The van der Waals surface area contributed by atoms with Gasteiger partial charge in [0.2, 0.25) is 11.9 Å². The first-order chi connectivity index (χ1) is 7.02. The molecule has 0 unspecified atom stereocenters. The van der Waals surface area contributed by atoms with Crippen molar-refractivity contribution in [1.82, 2.24) is 9.97 Å². The first kappa shape index (κ1) is 11.6. The lowest BCUT2D eigenvalue weighted by Crippen LogP contribution is -2.18. The third-order valence-corrected chi connectivity index (χ3v) is 1.95. The topological polar surface area (TPSA) is 91.9 Å². The highest BCUT2D eigenvalue weighted by Crippen LogP contribution is 2.00. The molecule has 0 fully saturated rings. The number of Topliss-reactive ketones (excluding diaryl/α,β-unsaturated/α-hetero) is 1. The van der Waals surface area contributed by atoms with Gasteiger partial charge >= 0.3 is 0 Å². The summed E-state index contributed by atoms with van der Waals surface area (Å²) in [5.74, 6) is -0.728. The molecule has 15 heavy (non-hydrogen) atoms. The molecule has 0 saturated carbocycles. The van der Waals surface area contributed by atoms with E-state index in [1.54, 1.807) is 0 Å². The molecule has 6 nitrogen and oxygen atoms in total. The van der Waals surface area contributed by atoms with Gasteiger partial charge in [-0.25, -0.2) is 4.98 Å². The maximum Gasteiger partial charge on any atom is 0.252 e. The second kappa shape index (κ2) is 4.83. The van der Waals surface area contributed by atoms with E-state index in [2.05, 4.69) is 31.2 Å². The second-order valence-corrected chi connectivity index (χ2v) is 3.28. The normalized spacial score (nSPS) is 9.73. The van der Waals surface area contributed by atoms with Crippen LogP contribution in [0.3, 0.4) is 0 Å². The minimum Gasteiger partial charge on any atom is -0.296 e. The summed E-state index contributed by atoms with van der Waals surface area (Å²) in [5, 5.41) is 2.36. The lowest BCUT2D eigenvalue weighted by Gasteiger charge is -2.01. The van der Waals surface area contributed by atoms with E-state index in [1.807, 2.05) is 0 Å². The number of hydrogen-bond donors (Lipinski definition) is 2. The van der Waals surface area contributed by atoms with Crippen molar-refractivity contribution in [2.45, 2.75) is 6.92 Å². The minimum atomic E-state index is -0.488. The Morgan fingerprint density at radius 2 is 2.27 bits per heavy atom. The molecule has 0 radical (unpaired) electrons. The maximum absolute atomic E-state index is 11.2. The van der Waals surface area contributed by atoms with E-state index >= 15 is 0 Å². The van der Waals surface area contributed by atoms with Crippen molar-refractivity contribution in [2.24, 2.45) is 0 Å². The van der Waals surface area contributed by atoms with Crippen LogP contribution in [0.4, 0.5) is 5.95 Å². The predicted molar refractivity (Wildman–Crippen MR) is 57.3 cm³/mol. The molecule has 0 aliphatic carbocycles. The van der Waals surface area contributed by atoms with E-state index in [0.29, 0.717) is 0 Å². The van der Waals surface area contributed by atoms with E-state index in [-0.39, 0.29) is 28.7 Å². The summed E-state index contributed by atoms with van der Waals surface area (Å²) in [4.78, 5) is 39.1. The molecule has 1 aromatic heterocycles. The van der Waals surface area contributed by atoms with Crippen LogP contribution in [0.5, 0.6) is 0 Å². The molecule has 0 spiro atoms. The number of aromatic amines is 1. The summed E-state index contributed by atoms with van der Waals surface area (Å²) in [7, 11) is 0. The number of nitrogens with one attached hydrogen (secondary N) is 2. The number of ketones is 1. The van der Waals surface area contributed by atoms with Crippen LogP contribution >= 0.6 is 15.9 Å². The van der Waals surface area contributed by atoms with Crippen LogP contribution in [0.1, 0.15) is 17.4 Å². The van der Waals surface area contributed by atoms with Crippen LogP contribution in [-0.2, 0) is 4.79 Å². The minimum absolute atomic E-state index is 0.0133. The first-order valence-electron chi connectivity index (χ1n) is 4.01. The predicted octanol–water partition coefficient (Wildman–Crippen LogP) is 0.306. The van der Waals surface area contributed by atoms with Crippen LogP contribution in [0.25, 0.3) is 0 Å². The van der Waals surface area contributed by atoms with Gasteiger partial charge in [-0.15, -0.1) is 0 Å². The summed E-state index contributed by atoms with van der Waals surface area (Å²) >= 11 is 2.96. The summed E-state index contributed by atoms with van der Waals surface area (Å²) < 4.78 is 0. The fourth-order valence-corrected chi connectivity index (χ4v) is 1.18. The number of rotatable bonds is 3. The molecule has 0 saturated heterocycles. The summed E-state index contributed by atoms with van der Waals surface area (Å²) in [6.45, 7) is 1.28. The lowest BCUT2D eigenvalue weighted by molar-refractivity contribution is -0.114. The third kappa shape index (κ3) is 3.28. The Labute approximate surface area is 93.2 Å². The average Bonchev–Trinajstić information content (AvgIpc) is 2.14. The Morgan fingerprint density at radius 3 is 2.80 bits per heavy atom. The Kier molecular flexibility index (Phi) is 3.73. The highest BCUT2D eigenvalue weighted by Gasteiger charge is 2.09. The van der Waals surface area contributed by atoms with Gasteiger partial charge in [-0.3, -0.25) is 24.7 Å². The monoisotopic (exact) mass is 273 g/mol. The van der Waals surface area contributed by atoms with E-state index in [4.69, 9.17) is 0 Å². The zero-order chi connectivity index (χ0) is 11.4. The molecule has 0 atom stereocenters. The SMILES string of the molecule is CC(=O)Nc1nc(C(=O)CBr)cc(=O)[nH]1. The maximum atomic E-state index is 11.2. The summed E-state index contributed by atoms with van der Waals surface area (Å²) in [5.41, 5.74) is -0.475. The Balaban J connectivity index is 3.10. The number of carbonyl (C=O) groups excluding carboxylic acids is 2. The first-order valence-corrected chi connectivity index (χ1v) is 5.13. The number of anilines is 1. The highest BCUT2D eigenvalue weighted by molar-refractivity contribution is 9.09. The van der Waals surface area contributed by atoms with Crippen LogP contribution in [-0.4, -0.2) is 27.0 Å². The van der Waals surface area contributed by atoms with Gasteiger partial charge in [-0.05, 0) is 0 Å². The van der Waals surface area contributed by atoms with Crippen LogP contribution in [0.15, 0.2) is 10.9 Å². The molecule has 0 aliphatic rings. The fourth-order valence-electron chi connectivity index (χ4n) is 0.895. The fraction of sp³-hybridized carbons (Fsp3) is 0.250. The molecule has 80 valence electrons. The van der Waals surface area contributed by atoms with Crippen LogP contribution in [0.2, 0.25) is 0 Å². The Morgan fingerprint density at radius 1 is 1.60 bits per heavy atom. The van der Waals surface area contributed by atoms with Crippen molar-refractivity contribution in [3.05, 3.63) is 22.1 Å². The van der Waals surface area contributed by atoms with Gasteiger partial charge in [-0.1, -0.05) is 15.9 Å². The van der Waals surface area contributed by atoms with Crippen molar-refractivity contribution in [3.63, 3.8) is 0 Å². The number of aromatic nitrogens is 2. The number of alkyl halides is 1. The van der Waals surface area contributed by atoms with Gasteiger partial charge < -0.3 is 0 Å². The molecule has 0 bridgehead atoms. The van der Waals surface area contributed by atoms with Crippen molar-refractivity contribution >= 4 is 33.6 Å². The van der Waals surface area contributed by atoms with Crippen molar-refractivity contribution in [1.29, 1.82) is 0 Å². The van der Waals surface area contributed by atoms with Gasteiger partial charge in [-0.2, -0.15) is 0 Å². The number of nitrogens with zero attached hydrogens (tertiary/aromatic N) is 1. The van der Waals surface area contributed by atoms with E-state index in [0.717, 1.165) is 6.07 Å². The molecule has 1 rings (SSSR count). The molecular weight excluding hydrogens is 266 g/mol.